The van der Waals surface area contributed by atoms with Crippen molar-refractivity contribution in [1.29, 1.82) is 0 Å². The highest BCUT2D eigenvalue weighted by Gasteiger charge is 2.28. The standard InChI is InChI=1S/C24H32N6O5S2/c1-5-30-23(18(2)27-37(33,34)22-12-7-6-11-21(22)36(4,31)32)25-26-24(30)35-20-10-8-9-19(17-20)29-15-13-28(3)14-16-29/h6-12,17-18,27H,5,13-16H2,1-4H3/t18-/m1/s1. The van der Waals surface area contributed by atoms with Crippen LogP contribution in [0.4, 0.5) is 5.69 Å². The summed E-state index contributed by atoms with van der Waals surface area (Å²) >= 11 is 0. The molecule has 0 bridgehead atoms. The van der Waals surface area contributed by atoms with Gasteiger partial charge in [0.2, 0.25) is 10.0 Å². The Labute approximate surface area is 218 Å². The number of aromatic nitrogens is 3. The van der Waals surface area contributed by atoms with Crippen LogP contribution in [0.2, 0.25) is 0 Å². The van der Waals surface area contributed by atoms with Gasteiger partial charge in [-0.1, -0.05) is 23.3 Å². The monoisotopic (exact) mass is 548 g/mol. The van der Waals surface area contributed by atoms with E-state index in [9.17, 15) is 16.8 Å². The molecule has 1 atom stereocenters. The number of hydrogen-bond acceptors (Lipinski definition) is 9. The minimum atomic E-state index is -4.18. The molecule has 1 aliphatic rings. The van der Waals surface area contributed by atoms with Crippen molar-refractivity contribution in [2.45, 2.75) is 36.2 Å². The van der Waals surface area contributed by atoms with E-state index in [1.165, 1.54) is 24.3 Å². The normalized spacial score (nSPS) is 16.1. The molecule has 1 aliphatic heterocycles. The lowest BCUT2D eigenvalue weighted by atomic mass is 10.2. The van der Waals surface area contributed by atoms with Gasteiger partial charge in [-0.3, -0.25) is 4.57 Å². The second-order valence-corrected chi connectivity index (χ2v) is 12.7. The lowest BCUT2D eigenvalue weighted by Gasteiger charge is -2.34. The number of nitrogens with zero attached hydrogens (tertiary/aromatic N) is 5. The van der Waals surface area contributed by atoms with Crippen molar-refractivity contribution < 1.29 is 21.6 Å². The summed E-state index contributed by atoms with van der Waals surface area (Å²) in [7, 11) is -5.82. The predicted octanol–water partition coefficient (Wildman–Crippen LogP) is 2.29. The zero-order valence-corrected chi connectivity index (χ0v) is 23.0. The Bertz CT molecular complexity index is 1460. The molecule has 0 spiro atoms. The van der Waals surface area contributed by atoms with E-state index in [1.807, 2.05) is 31.2 Å². The SMILES string of the molecule is CCn1c(Oc2cccc(N3CCN(C)CC3)c2)nnc1[C@@H](C)NS(=O)(=O)c1ccccc1S(C)(=O)=O. The molecule has 2 heterocycles. The van der Waals surface area contributed by atoms with Gasteiger partial charge < -0.3 is 14.5 Å². The largest absolute Gasteiger partial charge is 0.424 e. The average molecular weight is 549 g/mol. The van der Waals surface area contributed by atoms with Crippen molar-refractivity contribution >= 4 is 25.5 Å². The Morgan fingerprint density at radius 3 is 2.30 bits per heavy atom. The van der Waals surface area contributed by atoms with Crippen molar-refractivity contribution in [3.05, 3.63) is 54.4 Å². The zero-order chi connectivity index (χ0) is 26.8. The molecule has 200 valence electrons. The first kappa shape index (κ1) is 27.0. The third kappa shape index (κ3) is 6.12. The molecule has 1 aromatic heterocycles. The maximum Gasteiger partial charge on any atom is 0.322 e. The van der Waals surface area contributed by atoms with Crippen LogP contribution in [0, 0.1) is 0 Å². The van der Waals surface area contributed by atoms with Crippen LogP contribution in [0.5, 0.6) is 11.8 Å². The van der Waals surface area contributed by atoms with Gasteiger partial charge in [-0.2, -0.15) is 0 Å². The highest BCUT2D eigenvalue weighted by atomic mass is 32.2. The zero-order valence-electron chi connectivity index (χ0n) is 21.3. The molecular weight excluding hydrogens is 516 g/mol. The maximum atomic E-state index is 13.1. The van der Waals surface area contributed by atoms with Gasteiger partial charge >= 0.3 is 6.01 Å². The second kappa shape index (κ2) is 10.8. The number of benzene rings is 2. The van der Waals surface area contributed by atoms with Crippen molar-refractivity contribution in [2.75, 3.05) is 44.4 Å². The van der Waals surface area contributed by atoms with Gasteiger partial charge in [0, 0.05) is 50.7 Å². The number of sulfone groups is 1. The average Bonchev–Trinajstić information content (AvgIpc) is 3.26. The fourth-order valence-corrected chi connectivity index (χ4v) is 7.07. The van der Waals surface area contributed by atoms with E-state index < -0.39 is 25.9 Å². The van der Waals surface area contributed by atoms with E-state index in [-0.39, 0.29) is 15.8 Å². The highest BCUT2D eigenvalue weighted by molar-refractivity contribution is 7.93. The first-order valence-corrected chi connectivity index (χ1v) is 15.3. The van der Waals surface area contributed by atoms with Crippen molar-refractivity contribution in [3.8, 4) is 11.8 Å². The van der Waals surface area contributed by atoms with Crippen LogP contribution >= 0.6 is 0 Å². The molecule has 0 aliphatic carbocycles. The number of piperazine rings is 1. The third-order valence-electron chi connectivity index (χ3n) is 6.21. The molecular formula is C24H32N6O5S2. The highest BCUT2D eigenvalue weighted by Crippen LogP contribution is 2.28. The number of anilines is 1. The Balaban J connectivity index is 1.55. The second-order valence-electron chi connectivity index (χ2n) is 9.04. The van der Waals surface area contributed by atoms with Crippen LogP contribution in [0.15, 0.2) is 58.3 Å². The molecule has 0 amide bonds. The number of nitrogens with one attached hydrogen (secondary N) is 1. The number of rotatable bonds is 9. The molecule has 1 saturated heterocycles. The molecule has 4 rings (SSSR count). The Morgan fingerprint density at radius 2 is 1.65 bits per heavy atom. The molecule has 37 heavy (non-hydrogen) atoms. The molecule has 13 heteroatoms. The van der Waals surface area contributed by atoms with Crippen molar-refractivity contribution in [1.82, 2.24) is 24.4 Å². The molecule has 1 N–H and O–H groups in total. The fourth-order valence-electron chi connectivity index (χ4n) is 4.23. The van der Waals surface area contributed by atoms with Gasteiger partial charge in [0.25, 0.3) is 0 Å². The van der Waals surface area contributed by atoms with Gasteiger partial charge in [0.05, 0.1) is 10.9 Å². The molecule has 3 aromatic rings. The number of likely N-dealkylation sites (N-methyl/N-ethyl adjacent to an activating group) is 1. The van der Waals surface area contributed by atoms with E-state index in [2.05, 4.69) is 31.8 Å². The summed E-state index contributed by atoms with van der Waals surface area (Å²) in [5.74, 6) is 0.938. The first-order chi connectivity index (χ1) is 17.5. The third-order valence-corrected chi connectivity index (χ3v) is 9.10. The van der Waals surface area contributed by atoms with Crippen LogP contribution in [0.25, 0.3) is 0 Å². The van der Waals surface area contributed by atoms with Crippen molar-refractivity contribution in [3.63, 3.8) is 0 Å². The smallest absolute Gasteiger partial charge is 0.322 e. The Kier molecular flexibility index (Phi) is 7.88. The molecule has 2 aromatic carbocycles. The van der Waals surface area contributed by atoms with Crippen LogP contribution in [0.3, 0.4) is 0 Å². The summed E-state index contributed by atoms with van der Waals surface area (Å²) in [5.41, 5.74) is 1.05. The lowest BCUT2D eigenvalue weighted by molar-refractivity contribution is 0.312. The summed E-state index contributed by atoms with van der Waals surface area (Å²) in [6.07, 6.45) is 0.973. The van der Waals surface area contributed by atoms with Gasteiger partial charge in [-0.05, 0) is 45.2 Å². The minimum Gasteiger partial charge on any atom is -0.424 e. The number of hydrogen-bond donors (Lipinski definition) is 1. The van der Waals surface area contributed by atoms with Gasteiger partial charge in [0.15, 0.2) is 15.7 Å². The predicted molar refractivity (Wildman–Crippen MR) is 140 cm³/mol. The molecule has 0 saturated carbocycles. The fraction of sp³-hybridized carbons (Fsp3) is 0.417. The topological polar surface area (TPSA) is 127 Å². The van der Waals surface area contributed by atoms with E-state index in [0.717, 1.165) is 38.1 Å². The van der Waals surface area contributed by atoms with E-state index in [4.69, 9.17) is 4.74 Å². The van der Waals surface area contributed by atoms with Gasteiger partial charge in [-0.15, -0.1) is 5.10 Å². The number of sulfonamides is 1. The lowest BCUT2D eigenvalue weighted by Crippen LogP contribution is -2.44. The Morgan fingerprint density at radius 1 is 0.973 bits per heavy atom. The van der Waals surface area contributed by atoms with Crippen LogP contribution in [-0.4, -0.2) is 76.0 Å². The summed E-state index contributed by atoms with van der Waals surface area (Å²) in [5, 5.41) is 8.33. The van der Waals surface area contributed by atoms with Gasteiger partial charge in [-0.25, -0.2) is 21.6 Å². The summed E-state index contributed by atoms with van der Waals surface area (Å²) in [6.45, 7) is 7.75. The minimum absolute atomic E-state index is 0.232. The quantitative estimate of drug-likeness (QED) is 0.428. The summed E-state index contributed by atoms with van der Waals surface area (Å²) in [4.78, 5) is 4.01. The van der Waals surface area contributed by atoms with Crippen LogP contribution in [-0.2, 0) is 26.4 Å². The van der Waals surface area contributed by atoms with E-state index in [0.29, 0.717) is 18.1 Å². The number of ether oxygens (including phenoxy) is 1. The molecule has 0 radical (unpaired) electrons. The van der Waals surface area contributed by atoms with Crippen LogP contribution in [0.1, 0.15) is 25.7 Å². The molecule has 11 nitrogen and oxygen atoms in total. The first-order valence-electron chi connectivity index (χ1n) is 12.0. The van der Waals surface area contributed by atoms with Gasteiger partial charge in [0.1, 0.15) is 10.6 Å². The molecule has 0 unspecified atom stereocenters. The Hall–Kier alpha value is -3.00. The molecule has 1 fully saturated rings. The van der Waals surface area contributed by atoms with Crippen molar-refractivity contribution in [2.24, 2.45) is 0 Å². The maximum absolute atomic E-state index is 13.1. The van der Waals surface area contributed by atoms with E-state index >= 15 is 0 Å². The van der Waals surface area contributed by atoms with E-state index in [1.54, 1.807) is 11.5 Å². The summed E-state index contributed by atoms with van der Waals surface area (Å²) in [6, 6.07) is 12.7. The van der Waals surface area contributed by atoms with Crippen LogP contribution < -0.4 is 14.4 Å². The summed E-state index contributed by atoms with van der Waals surface area (Å²) < 4.78 is 60.8.